The molecule has 2 N–H and O–H groups in total. The van der Waals surface area contributed by atoms with Crippen LogP contribution in [0.2, 0.25) is 0 Å². The number of H-pyrrole nitrogens is 1. The Morgan fingerprint density at radius 2 is 2.00 bits per heavy atom. The molecule has 3 heterocycles. The minimum Gasteiger partial charge on any atom is -0.377 e. The van der Waals surface area contributed by atoms with Gasteiger partial charge in [0.2, 0.25) is 0 Å². The van der Waals surface area contributed by atoms with Crippen molar-refractivity contribution in [3.05, 3.63) is 48.7 Å². The van der Waals surface area contributed by atoms with Crippen LogP contribution in [0, 0.1) is 0 Å². The van der Waals surface area contributed by atoms with Gasteiger partial charge in [0, 0.05) is 42.3 Å². The molecule has 1 aliphatic heterocycles. The van der Waals surface area contributed by atoms with Crippen LogP contribution in [-0.4, -0.2) is 47.5 Å². The lowest BCUT2D eigenvalue weighted by atomic mass is 10.1. The van der Waals surface area contributed by atoms with Crippen molar-refractivity contribution in [3.63, 3.8) is 0 Å². The number of carbonyl (C=O) groups is 1. The number of aromatic nitrogens is 2. The van der Waals surface area contributed by atoms with Crippen LogP contribution in [0.4, 0.5) is 17.3 Å². The topological polar surface area (TPSA) is 64.3 Å². The minimum absolute atomic E-state index is 0.0615. The van der Waals surface area contributed by atoms with Crippen LogP contribution in [-0.2, 0) is 4.79 Å². The number of hydrogen-bond acceptors (Lipinski definition) is 5. The smallest absolute Gasteiger partial charge is 0.152 e. The first-order valence-corrected chi connectivity index (χ1v) is 9.72. The largest absolute Gasteiger partial charge is 0.377 e. The third-order valence-electron chi connectivity index (χ3n) is 5.00. The monoisotopic (exact) mass is 377 g/mol. The molecule has 1 saturated heterocycles. The predicted octanol–water partition coefficient (Wildman–Crippen LogP) is 3.67. The number of benzene rings is 1. The van der Waals surface area contributed by atoms with E-state index in [9.17, 15) is 4.79 Å². The summed E-state index contributed by atoms with van der Waals surface area (Å²) in [6.07, 6.45) is 2.85. The molecule has 28 heavy (non-hydrogen) atoms. The maximum atomic E-state index is 11.9. The molecule has 1 atom stereocenters. The zero-order valence-electron chi connectivity index (χ0n) is 16.6. The summed E-state index contributed by atoms with van der Waals surface area (Å²) in [4.78, 5) is 24.3. The van der Waals surface area contributed by atoms with Gasteiger partial charge in [0.15, 0.2) is 5.82 Å². The molecular weight excluding hydrogens is 350 g/mol. The van der Waals surface area contributed by atoms with Gasteiger partial charge in [0.25, 0.3) is 0 Å². The number of aldehydes is 1. The van der Waals surface area contributed by atoms with Crippen molar-refractivity contribution in [1.29, 1.82) is 0 Å². The van der Waals surface area contributed by atoms with E-state index < -0.39 is 0 Å². The van der Waals surface area contributed by atoms with E-state index >= 15 is 0 Å². The Labute approximate surface area is 165 Å². The Morgan fingerprint density at radius 3 is 2.75 bits per heavy atom. The van der Waals surface area contributed by atoms with Crippen molar-refractivity contribution in [1.82, 2.24) is 9.97 Å². The molecule has 0 spiro atoms. The molecule has 1 aromatic carbocycles. The van der Waals surface area contributed by atoms with E-state index in [0.29, 0.717) is 6.54 Å². The number of nitrogens with one attached hydrogen (secondary N) is 2. The summed E-state index contributed by atoms with van der Waals surface area (Å²) in [5.74, 6) is 1.90. The summed E-state index contributed by atoms with van der Waals surface area (Å²) in [5, 5.41) is 4.69. The summed E-state index contributed by atoms with van der Waals surface area (Å²) in [5.41, 5.74) is 2.03. The first kappa shape index (κ1) is 18.3. The molecule has 0 aliphatic carbocycles. The first-order chi connectivity index (χ1) is 13.4. The van der Waals surface area contributed by atoms with Gasteiger partial charge >= 0.3 is 0 Å². The number of para-hydroxylation sites is 1. The number of anilines is 3. The van der Waals surface area contributed by atoms with Gasteiger partial charge in [-0.1, -0.05) is 18.2 Å². The summed E-state index contributed by atoms with van der Waals surface area (Å²) < 4.78 is 0. The Bertz CT molecular complexity index is 941. The molecule has 6 nitrogen and oxygen atoms in total. The average molecular weight is 377 g/mol. The lowest BCUT2D eigenvalue weighted by molar-refractivity contribution is -0.109. The van der Waals surface area contributed by atoms with Gasteiger partial charge in [-0.25, -0.2) is 4.98 Å². The lowest BCUT2D eigenvalue weighted by Crippen LogP contribution is -2.54. The summed E-state index contributed by atoms with van der Waals surface area (Å²) in [6.45, 7) is 8.55. The van der Waals surface area contributed by atoms with Gasteiger partial charge in [0.1, 0.15) is 18.1 Å². The van der Waals surface area contributed by atoms with Crippen LogP contribution in [0.1, 0.15) is 20.8 Å². The van der Waals surface area contributed by atoms with Gasteiger partial charge in [-0.2, -0.15) is 0 Å². The van der Waals surface area contributed by atoms with Crippen LogP contribution in [0.15, 0.2) is 48.7 Å². The van der Waals surface area contributed by atoms with E-state index in [0.717, 1.165) is 47.6 Å². The van der Waals surface area contributed by atoms with Crippen molar-refractivity contribution in [2.75, 3.05) is 34.8 Å². The highest BCUT2D eigenvalue weighted by Gasteiger charge is 2.30. The highest BCUT2D eigenvalue weighted by Crippen LogP contribution is 2.30. The number of piperazine rings is 1. The summed E-state index contributed by atoms with van der Waals surface area (Å²) in [7, 11) is 0. The van der Waals surface area contributed by atoms with Crippen LogP contribution >= 0.6 is 0 Å². The predicted molar refractivity (Wildman–Crippen MR) is 115 cm³/mol. The lowest BCUT2D eigenvalue weighted by Gasteiger charge is -2.41. The molecule has 146 valence electrons. The highest BCUT2D eigenvalue weighted by atomic mass is 16.1. The standard InChI is InChI=1S/C22H27N5O/c1-22(2,3)25-19-9-6-10-23-21(19)26-11-12-27(17(14-26)15-28)20-13-16-7-4-5-8-18(16)24-20/h4-10,13,15,17,24-25H,11-12,14H2,1-3H3. The maximum absolute atomic E-state index is 11.9. The van der Waals surface area contributed by atoms with Crippen molar-refractivity contribution >= 4 is 34.5 Å². The quantitative estimate of drug-likeness (QED) is 0.679. The maximum Gasteiger partial charge on any atom is 0.152 e. The summed E-state index contributed by atoms with van der Waals surface area (Å²) in [6, 6.07) is 14.1. The molecule has 0 saturated carbocycles. The fraction of sp³-hybridized carbons (Fsp3) is 0.364. The molecular formula is C22H27N5O. The van der Waals surface area contributed by atoms with E-state index in [4.69, 9.17) is 0 Å². The van der Waals surface area contributed by atoms with Crippen molar-refractivity contribution in [2.24, 2.45) is 0 Å². The Kier molecular flexibility index (Phi) is 4.71. The number of pyridine rings is 1. The number of rotatable bonds is 4. The second-order valence-electron chi connectivity index (χ2n) is 8.33. The molecule has 6 heteroatoms. The molecule has 2 aromatic heterocycles. The van der Waals surface area contributed by atoms with E-state index in [1.54, 1.807) is 0 Å². The van der Waals surface area contributed by atoms with E-state index in [1.165, 1.54) is 0 Å². The van der Waals surface area contributed by atoms with Crippen molar-refractivity contribution < 1.29 is 4.79 Å². The highest BCUT2D eigenvalue weighted by molar-refractivity contribution is 5.85. The average Bonchev–Trinajstić information content (AvgIpc) is 3.10. The number of hydrogen-bond donors (Lipinski definition) is 2. The van der Waals surface area contributed by atoms with Crippen LogP contribution in [0.5, 0.6) is 0 Å². The minimum atomic E-state index is -0.230. The van der Waals surface area contributed by atoms with E-state index in [-0.39, 0.29) is 11.6 Å². The molecule has 1 fully saturated rings. The van der Waals surface area contributed by atoms with Crippen LogP contribution < -0.4 is 15.1 Å². The second-order valence-corrected chi connectivity index (χ2v) is 8.33. The molecule has 0 radical (unpaired) electrons. The zero-order chi connectivity index (χ0) is 19.7. The second kappa shape index (κ2) is 7.19. The van der Waals surface area contributed by atoms with Crippen LogP contribution in [0.25, 0.3) is 10.9 Å². The van der Waals surface area contributed by atoms with Gasteiger partial charge in [-0.05, 0) is 45.0 Å². The SMILES string of the molecule is CC(C)(C)Nc1cccnc1N1CCN(c2cc3ccccc3[nH]2)C(C=O)C1. The molecule has 4 rings (SSSR count). The zero-order valence-corrected chi connectivity index (χ0v) is 16.6. The number of aromatic amines is 1. The van der Waals surface area contributed by atoms with Crippen molar-refractivity contribution in [2.45, 2.75) is 32.4 Å². The van der Waals surface area contributed by atoms with Crippen LogP contribution in [0.3, 0.4) is 0 Å². The van der Waals surface area contributed by atoms with E-state index in [1.807, 2.05) is 30.5 Å². The van der Waals surface area contributed by atoms with Gasteiger partial charge in [-0.15, -0.1) is 0 Å². The molecule has 1 unspecified atom stereocenters. The number of fused-ring (bicyclic) bond motifs is 1. The molecule has 0 bridgehead atoms. The van der Waals surface area contributed by atoms with Gasteiger partial charge < -0.3 is 24.9 Å². The molecule has 3 aromatic rings. The van der Waals surface area contributed by atoms with E-state index in [2.05, 4.69) is 64.1 Å². The Hall–Kier alpha value is -3.02. The third-order valence-corrected chi connectivity index (χ3v) is 5.00. The fourth-order valence-electron chi connectivity index (χ4n) is 3.78. The molecule has 1 aliphatic rings. The normalized spacial score (nSPS) is 17.8. The number of nitrogens with zero attached hydrogens (tertiary/aromatic N) is 3. The van der Waals surface area contributed by atoms with Crippen molar-refractivity contribution in [3.8, 4) is 0 Å². The van der Waals surface area contributed by atoms with Gasteiger partial charge in [0.05, 0.1) is 5.69 Å². The number of carbonyl (C=O) groups excluding carboxylic acids is 1. The Balaban J connectivity index is 1.58. The Morgan fingerprint density at radius 1 is 1.18 bits per heavy atom. The van der Waals surface area contributed by atoms with Gasteiger partial charge in [-0.3, -0.25) is 0 Å². The fourth-order valence-corrected chi connectivity index (χ4v) is 3.78. The summed E-state index contributed by atoms with van der Waals surface area (Å²) >= 11 is 0. The molecule has 0 amide bonds. The first-order valence-electron chi connectivity index (χ1n) is 9.72. The third kappa shape index (κ3) is 3.67.